The molecule has 2 unspecified atom stereocenters. The quantitative estimate of drug-likeness (QED) is 0.735. The first-order valence-electron chi connectivity index (χ1n) is 7.54. The molecule has 1 aliphatic rings. The average Bonchev–Trinajstić information content (AvgIpc) is 2.47. The van der Waals surface area contributed by atoms with Gasteiger partial charge in [-0.2, -0.15) is 15.0 Å². The molecule has 1 heterocycles. The van der Waals surface area contributed by atoms with Gasteiger partial charge in [-0.05, 0) is 25.7 Å². The molecule has 0 radical (unpaired) electrons. The lowest BCUT2D eigenvalue weighted by atomic mass is 9.77. The van der Waals surface area contributed by atoms with E-state index < -0.39 is 0 Å². The number of hydrogen-bond donors (Lipinski definition) is 3. The molecule has 1 fully saturated rings. The summed E-state index contributed by atoms with van der Waals surface area (Å²) in [7, 11) is 1.53. The molecule has 1 aromatic rings. The average molecular weight is 295 g/mol. The number of hydrogen-bond acceptors (Lipinski definition) is 7. The van der Waals surface area contributed by atoms with Crippen LogP contribution in [-0.4, -0.2) is 45.9 Å². The number of nitrogens with one attached hydrogen (secondary N) is 2. The predicted molar refractivity (Wildman–Crippen MR) is 81.6 cm³/mol. The van der Waals surface area contributed by atoms with Gasteiger partial charge in [0.15, 0.2) is 0 Å². The molecule has 118 valence electrons. The van der Waals surface area contributed by atoms with Gasteiger partial charge in [0.1, 0.15) is 0 Å². The van der Waals surface area contributed by atoms with Crippen LogP contribution in [0.25, 0.3) is 0 Å². The maximum Gasteiger partial charge on any atom is 0.322 e. The van der Waals surface area contributed by atoms with Gasteiger partial charge in [0, 0.05) is 6.54 Å². The highest BCUT2D eigenvalue weighted by atomic mass is 16.5. The zero-order valence-corrected chi connectivity index (χ0v) is 13.0. The van der Waals surface area contributed by atoms with E-state index in [4.69, 9.17) is 4.74 Å². The van der Waals surface area contributed by atoms with Crippen LogP contribution in [0.3, 0.4) is 0 Å². The zero-order valence-electron chi connectivity index (χ0n) is 13.0. The van der Waals surface area contributed by atoms with Crippen LogP contribution in [0, 0.1) is 5.92 Å². The highest BCUT2D eigenvalue weighted by Crippen LogP contribution is 2.34. The number of aromatic nitrogens is 3. The Bertz CT molecular complexity index is 471. The minimum atomic E-state index is -0.354. The Labute approximate surface area is 125 Å². The van der Waals surface area contributed by atoms with Gasteiger partial charge >= 0.3 is 6.01 Å². The minimum absolute atomic E-state index is 0.0713. The predicted octanol–water partition coefficient (Wildman–Crippen LogP) is 1.67. The van der Waals surface area contributed by atoms with E-state index in [0.717, 1.165) is 25.8 Å². The second kappa shape index (κ2) is 6.89. The molecule has 0 amide bonds. The fourth-order valence-electron chi connectivity index (χ4n) is 2.93. The lowest BCUT2D eigenvalue weighted by molar-refractivity contribution is 0.149. The third-order valence-corrected chi connectivity index (χ3v) is 3.90. The normalized spacial score (nSPS) is 25.4. The van der Waals surface area contributed by atoms with Gasteiger partial charge in [0.05, 0.1) is 19.3 Å². The van der Waals surface area contributed by atoms with Gasteiger partial charge < -0.3 is 20.5 Å². The Balaban J connectivity index is 2.21. The van der Waals surface area contributed by atoms with E-state index in [9.17, 15) is 5.11 Å². The highest BCUT2D eigenvalue weighted by molar-refractivity contribution is 5.38. The molecule has 7 nitrogen and oxygen atoms in total. The van der Waals surface area contributed by atoms with Crippen molar-refractivity contribution in [2.24, 2.45) is 5.92 Å². The van der Waals surface area contributed by atoms with E-state index in [1.54, 1.807) is 0 Å². The molecule has 3 N–H and O–H groups in total. The fraction of sp³-hybridized carbons (Fsp3) is 0.786. The molecule has 21 heavy (non-hydrogen) atoms. The topological polar surface area (TPSA) is 92.2 Å². The number of nitrogens with zero attached hydrogens (tertiary/aromatic N) is 3. The monoisotopic (exact) mass is 295 g/mol. The largest absolute Gasteiger partial charge is 0.467 e. The van der Waals surface area contributed by atoms with Crippen molar-refractivity contribution < 1.29 is 9.84 Å². The zero-order chi connectivity index (χ0) is 15.3. The first kappa shape index (κ1) is 15.8. The summed E-state index contributed by atoms with van der Waals surface area (Å²) in [6.45, 7) is 4.97. The second-order valence-electron chi connectivity index (χ2n) is 5.76. The minimum Gasteiger partial charge on any atom is -0.467 e. The van der Waals surface area contributed by atoms with Crippen LogP contribution in [0.5, 0.6) is 6.01 Å². The smallest absolute Gasteiger partial charge is 0.322 e. The van der Waals surface area contributed by atoms with Crippen LogP contribution < -0.4 is 15.4 Å². The van der Waals surface area contributed by atoms with Crippen molar-refractivity contribution in [2.45, 2.75) is 45.1 Å². The summed E-state index contributed by atoms with van der Waals surface area (Å²) in [6.07, 6.45) is 4.12. The molecule has 0 aromatic carbocycles. The number of methoxy groups -OCH3 is 1. The standard InChI is InChI=1S/C14H25N5O2/c1-4-15-11-16-12(18-13(17-11)21-3)19-14(9-20)7-5-6-10(2)8-14/h10,20H,4-9H2,1-3H3,(H2,15,16,17,18,19). The van der Waals surface area contributed by atoms with Crippen LogP contribution in [0.4, 0.5) is 11.9 Å². The van der Waals surface area contributed by atoms with Crippen molar-refractivity contribution in [1.29, 1.82) is 0 Å². The van der Waals surface area contributed by atoms with Crippen LogP contribution in [0.2, 0.25) is 0 Å². The maximum absolute atomic E-state index is 9.84. The molecule has 0 aliphatic heterocycles. The van der Waals surface area contributed by atoms with E-state index in [-0.39, 0.29) is 18.2 Å². The summed E-state index contributed by atoms with van der Waals surface area (Å²) in [5.74, 6) is 1.50. The highest BCUT2D eigenvalue weighted by Gasteiger charge is 2.35. The van der Waals surface area contributed by atoms with Crippen molar-refractivity contribution in [3.05, 3.63) is 0 Å². The van der Waals surface area contributed by atoms with E-state index in [1.165, 1.54) is 13.5 Å². The van der Waals surface area contributed by atoms with Gasteiger partial charge in [-0.1, -0.05) is 19.8 Å². The summed E-state index contributed by atoms with van der Waals surface area (Å²) in [5.41, 5.74) is -0.354. The van der Waals surface area contributed by atoms with Crippen molar-refractivity contribution in [3.8, 4) is 6.01 Å². The van der Waals surface area contributed by atoms with Crippen molar-refractivity contribution >= 4 is 11.9 Å². The third kappa shape index (κ3) is 3.93. The Kier molecular flexibility index (Phi) is 5.17. The van der Waals surface area contributed by atoms with Gasteiger partial charge in [0.25, 0.3) is 0 Å². The summed E-state index contributed by atoms with van der Waals surface area (Å²) in [5, 5.41) is 16.2. The summed E-state index contributed by atoms with van der Waals surface area (Å²) in [4.78, 5) is 12.7. The van der Waals surface area contributed by atoms with Gasteiger partial charge in [-0.3, -0.25) is 0 Å². The van der Waals surface area contributed by atoms with Gasteiger partial charge in [-0.15, -0.1) is 0 Å². The molecule has 0 spiro atoms. The van der Waals surface area contributed by atoms with Crippen LogP contribution in [0.1, 0.15) is 39.5 Å². The number of aliphatic hydroxyl groups excluding tert-OH is 1. The molecular weight excluding hydrogens is 270 g/mol. The first-order chi connectivity index (χ1) is 10.1. The van der Waals surface area contributed by atoms with E-state index >= 15 is 0 Å². The summed E-state index contributed by atoms with van der Waals surface area (Å²) < 4.78 is 5.11. The maximum atomic E-state index is 9.84. The fourth-order valence-corrected chi connectivity index (χ4v) is 2.93. The van der Waals surface area contributed by atoms with E-state index in [1.807, 2.05) is 6.92 Å². The number of aliphatic hydroxyl groups is 1. The molecule has 7 heteroatoms. The van der Waals surface area contributed by atoms with E-state index in [2.05, 4.69) is 32.5 Å². The molecule has 2 rings (SSSR count). The number of ether oxygens (including phenoxy) is 1. The molecule has 1 aliphatic carbocycles. The Morgan fingerprint density at radius 2 is 2.10 bits per heavy atom. The van der Waals surface area contributed by atoms with Crippen molar-refractivity contribution in [3.63, 3.8) is 0 Å². The SMILES string of the molecule is CCNc1nc(NC2(CO)CCCC(C)C2)nc(OC)n1. The first-order valence-corrected chi connectivity index (χ1v) is 7.54. The Morgan fingerprint density at radius 1 is 1.33 bits per heavy atom. The van der Waals surface area contributed by atoms with Gasteiger partial charge in [0.2, 0.25) is 11.9 Å². The third-order valence-electron chi connectivity index (χ3n) is 3.90. The molecule has 0 bridgehead atoms. The molecule has 2 atom stereocenters. The lowest BCUT2D eigenvalue weighted by Gasteiger charge is -2.39. The van der Waals surface area contributed by atoms with Crippen molar-refractivity contribution in [1.82, 2.24) is 15.0 Å². The molecular formula is C14H25N5O2. The summed E-state index contributed by atoms with van der Waals surface area (Å²) >= 11 is 0. The van der Waals surface area contributed by atoms with Crippen LogP contribution in [0.15, 0.2) is 0 Å². The second-order valence-corrected chi connectivity index (χ2v) is 5.76. The van der Waals surface area contributed by atoms with E-state index in [0.29, 0.717) is 17.8 Å². The number of rotatable bonds is 6. The molecule has 1 aromatic heterocycles. The Hall–Kier alpha value is -1.63. The number of anilines is 2. The van der Waals surface area contributed by atoms with Crippen LogP contribution in [-0.2, 0) is 0 Å². The summed E-state index contributed by atoms with van der Waals surface area (Å²) in [6, 6.07) is 0.264. The van der Waals surface area contributed by atoms with Gasteiger partial charge in [-0.25, -0.2) is 0 Å². The molecule has 1 saturated carbocycles. The van der Waals surface area contributed by atoms with Crippen molar-refractivity contribution in [2.75, 3.05) is 30.9 Å². The lowest BCUT2D eigenvalue weighted by Crippen LogP contribution is -2.46. The van der Waals surface area contributed by atoms with Crippen LogP contribution >= 0.6 is 0 Å². The molecule has 0 saturated heterocycles. The Morgan fingerprint density at radius 3 is 2.71 bits per heavy atom.